The Labute approximate surface area is 184 Å². The van der Waals surface area contributed by atoms with Crippen molar-refractivity contribution in [3.05, 3.63) is 53.6 Å². The molecule has 0 radical (unpaired) electrons. The molecule has 0 saturated heterocycles. The SMILES string of the molecule is CCOc1ccc(S(=O)(=O)N(CC)CC(=O)NC(C)c2ccc(SC)cc2)cc1C. The van der Waals surface area contributed by atoms with E-state index in [1.807, 2.05) is 44.4 Å². The molecule has 1 unspecified atom stereocenters. The molecule has 0 aliphatic rings. The largest absolute Gasteiger partial charge is 0.494 e. The van der Waals surface area contributed by atoms with Gasteiger partial charge in [-0.25, -0.2) is 8.42 Å². The van der Waals surface area contributed by atoms with Crippen LogP contribution in [-0.2, 0) is 14.8 Å². The zero-order valence-corrected chi connectivity index (χ0v) is 19.8. The number of hydrogen-bond acceptors (Lipinski definition) is 5. The number of carbonyl (C=O) groups is 1. The summed E-state index contributed by atoms with van der Waals surface area (Å²) in [6.07, 6.45) is 2.01. The predicted molar refractivity (Wildman–Crippen MR) is 122 cm³/mol. The van der Waals surface area contributed by atoms with Crippen molar-refractivity contribution in [1.29, 1.82) is 0 Å². The highest BCUT2D eigenvalue weighted by molar-refractivity contribution is 7.98. The summed E-state index contributed by atoms with van der Waals surface area (Å²) < 4.78 is 32.8. The van der Waals surface area contributed by atoms with Crippen LogP contribution in [0.4, 0.5) is 0 Å². The molecule has 0 bridgehead atoms. The van der Waals surface area contributed by atoms with Gasteiger partial charge in [-0.3, -0.25) is 4.79 Å². The molecule has 1 atom stereocenters. The van der Waals surface area contributed by atoms with Crippen molar-refractivity contribution in [2.24, 2.45) is 0 Å². The van der Waals surface area contributed by atoms with Crippen molar-refractivity contribution in [3.63, 3.8) is 0 Å². The minimum Gasteiger partial charge on any atom is -0.494 e. The third-order valence-corrected chi connectivity index (χ3v) is 7.41. The van der Waals surface area contributed by atoms with Crippen LogP contribution >= 0.6 is 11.8 Å². The molecule has 0 aromatic heterocycles. The van der Waals surface area contributed by atoms with Crippen molar-refractivity contribution in [2.75, 3.05) is 26.0 Å². The summed E-state index contributed by atoms with van der Waals surface area (Å²) in [5, 5.41) is 2.89. The highest BCUT2D eigenvalue weighted by Crippen LogP contribution is 2.24. The smallest absolute Gasteiger partial charge is 0.243 e. The molecule has 1 amide bonds. The Morgan fingerprint density at radius 3 is 2.37 bits per heavy atom. The number of thioether (sulfide) groups is 1. The molecule has 0 aliphatic heterocycles. The third kappa shape index (κ3) is 6.00. The van der Waals surface area contributed by atoms with Gasteiger partial charge >= 0.3 is 0 Å². The average molecular weight is 451 g/mol. The molecule has 0 spiro atoms. The van der Waals surface area contributed by atoms with E-state index in [9.17, 15) is 13.2 Å². The Morgan fingerprint density at radius 2 is 1.83 bits per heavy atom. The van der Waals surface area contributed by atoms with Crippen molar-refractivity contribution in [1.82, 2.24) is 9.62 Å². The second kappa shape index (κ2) is 10.8. The van der Waals surface area contributed by atoms with E-state index in [-0.39, 0.29) is 29.9 Å². The molecule has 8 heteroatoms. The van der Waals surface area contributed by atoms with E-state index in [0.717, 1.165) is 16.0 Å². The summed E-state index contributed by atoms with van der Waals surface area (Å²) >= 11 is 1.65. The van der Waals surface area contributed by atoms with Crippen LogP contribution < -0.4 is 10.1 Å². The van der Waals surface area contributed by atoms with Crippen molar-refractivity contribution < 1.29 is 17.9 Å². The van der Waals surface area contributed by atoms with Gasteiger partial charge < -0.3 is 10.1 Å². The first-order valence-electron chi connectivity index (χ1n) is 9.89. The second-order valence-electron chi connectivity index (χ2n) is 6.85. The van der Waals surface area contributed by atoms with Gasteiger partial charge in [-0.05, 0) is 68.5 Å². The van der Waals surface area contributed by atoms with Gasteiger partial charge in [0.1, 0.15) is 5.75 Å². The third-order valence-electron chi connectivity index (χ3n) is 4.75. The second-order valence-corrected chi connectivity index (χ2v) is 9.67. The number of likely N-dealkylation sites (N-methyl/N-ethyl adjacent to an activating group) is 1. The maximum atomic E-state index is 13.0. The molecular weight excluding hydrogens is 420 g/mol. The first-order chi connectivity index (χ1) is 14.2. The summed E-state index contributed by atoms with van der Waals surface area (Å²) in [4.78, 5) is 13.9. The lowest BCUT2D eigenvalue weighted by atomic mass is 10.1. The molecule has 1 N–H and O–H groups in total. The van der Waals surface area contributed by atoms with E-state index < -0.39 is 10.0 Å². The number of amides is 1. The van der Waals surface area contributed by atoms with Gasteiger partial charge in [-0.15, -0.1) is 11.8 Å². The number of carbonyl (C=O) groups excluding carboxylic acids is 1. The molecule has 6 nitrogen and oxygen atoms in total. The first-order valence-corrected chi connectivity index (χ1v) is 12.6. The lowest BCUT2D eigenvalue weighted by molar-refractivity contribution is -0.121. The minimum absolute atomic E-state index is 0.152. The molecule has 0 heterocycles. The van der Waals surface area contributed by atoms with Gasteiger partial charge in [0.2, 0.25) is 15.9 Å². The average Bonchev–Trinajstić information content (AvgIpc) is 2.73. The van der Waals surface area contributed by atoms with Crippen LogP contribution in [0.3, 0.4) is 0 Å². The highest BCUT2D eigenvalue weighted by Gasteiger charge is 2.26. The number of hydrogen-bond donors (Lipinski definition) is 1. The Bertz CT molecular complexity index is 960. The van der Waals surface area contributed by atoms with E-state index in [4.69, 9.17) is 4.74 Å². The van der Waals surface area contributed by atoms with Gasteiger partial charge in [0.15, 0.2) is 0 Å². The predicted octanol–water partition coefficient (Wildman–Crippen LogP) is 4.00. The maximum absolute atomic E-state index is 13.0. The van der Waals surface area contributed by atoms with Crippen LogP contribution in [-0.4, -0.2) is 44.6 Å². The summed E-state index contributed by atoms with van der Waals surface area (Å²) in [7, 11) is -3.80. The molecule has 0 saturated carbocycles. The van der Waals surface area contributed by atoms with Crippen LogP contribution in [0.2, 0.25) is 0 Å². The van der Waals surface area contributed by atoms with Gasteiger partial charge in [0, 0.05) is 11.4 Å². The van der Waals surface area contributed by atoms with Crippen molar-refractivity contribution in [2.45, 2.75) is 43.5 Å². The molecule has 2 aromatic rings. The van der Waals surface area contributed by atoms with Gasteiger partial charge in [0.25, 0.3) is 0 Å². The number of nitrogens with one attached hydrogen (secondary N) is 1. The number of benzene rings is 2. The van der Waals surface area contributed by atoms with Crippen molar-refractivity contribution in [3.8, 4) is 5.75 Å². The topological polar surface area (TPSA) is 75.7 Å². The van der Waals surface area contributed by atoms with E-state index >= 15 is 0 Å². The molecule has 0 fully saturated rings. The monoisotopic (exact) mass is 450 g/mol. The van der Waals surface area contributed by atoms with E-state index in [1.54, 1.807) is 37.7 Å². The Kier molecular flexibility index (Phi) is 8.76. The van der Waals surface area contributed by atoms with Crippen LogP contribution in [0, 0.1) is 6.92 Å². The first kappa shape index (κ1) is 24.2. The summed E-state index contributed by atoms with van der Waals surface area (Å²) in [5.74, 6) is 0.308. The molecule has 0 aliphatic carbocycles. The van der Waals surface area contributed by atoms with Gasteiger partial charge in [-0.2, -0.15) is 4.31 Å². The van der Waals surface area contributed by atoms with Gasteiger partial charge in [0.05, 0.1) is 24.1 Å². The number of sulfonamides is 1. The van der Waals surface area contributed by atoms with Gasteiger partial charge in [-0.1, -0.05) is 19.1 Å². The molecule has 30 heavy (non-hydrogen) atoms. The van der Waals surface area contributed by atoms with Crippen LogP contribution in [0.1, 0.15) is 37.9 Å². The number of nitrogens with zero attached hydrogens (tertiary/aromatic N) is 1. The summed E-state index contributed by atoms with van der Waals surface area (Å²) in [5.41, 5.74) is 1.70. The van der Waals surface area contributed by atoms with E-state index in [2.05, 4.69) is 5.32 Å². The Hall–Kier alpha value is -2.03. The number of aryl methyl sites for hydroxylation is 1. The Morgan fingerprint density at radius 1 is 1.17 bits per heavy atom. The lowest BCUT2D eigenvalue weighted by Gasteiger charge is -2.22. The van der Waals surface area contributed by atoms with E-state index in [0.29, 0.717) is 12.4 Å². The standard InChI is InChI=1S/C22H30N2O4S2/c1-6-24(30(26,27)20-12-13-21(28-7-2)16(3)14-20)15-22(25)23-17(4)18-8-10-19(29-5)11-9-18/h8-14,17H,6-7,15H2,1-5H3,(H,23,25). The van der Waals surface area contributed by atoms with E-state index in [1.165, 1.54) is 10.4 Å². The molecule has 164 valence electrons. The zero-order chi connectivity index (χ0) is 22.3. The summed E-state index contributed by atoms with van der Waals surface area (Å²) in [6, 6.07) is 12.5. The maximum Gasteiger partial charge on any atom is 0.243 e. The summed E-state index contributed by atoms with van der Waals surface area (Å²) in [6.45, 7) is 7.74. The molecular formula is C22H30N2O4S2. The van der Waals surface area contributed by atoms with Crippen LogP contribution in [0.5, 0.6) is 5.75 Å². The van der Waals surface area contributed by atoms with Crippen LogP contribution in [0.25, 0.3) is 0 Å². The van der Waals surface area contributed by atoms with Crippen LogP contribution in [0.15, 0.2) is 52.3 Å². The zero-order valence-electron chi connectivity index (χ0n) is 18.1. The Balaban J connectivity index is 2.10. The fourth-order valence-corrected chi connectivity index (χ4v) is 4.94. The highest BCUT2D eigenvalue weighted by atomic mass is 32.2. The lowest BCUT2D eigenvalue weighted by Crippen LogP contribution is -2.41. The minimum atomic E-state index is -3.80. The fourth-order valence-electron chi connectivity index (χ4n) is 3.04. The number of rotatable bonds is 10. The molecule has 2 aromatic carbocycles. The fraction of sp³-hybridized carbons (Fsp3) is 0.409. The van der Waals surface area contributed by atoms with Crippen molar-refractivity contribution >= 4 is 27.7 Å². The number of ether oxygens (including phenoxy) is 1. The normalized spacial score (nSPS) is 12.6. The quantitative estimate of drug-likeness (QED) is 0.554. The molecule has 2 rings (SSSR count).